The molecule has 3 rings (SSSR count). The van der Waals surface area contributed by atoms with E-state index in [1.54, 1.807) is 12.1 Å². The molecule has 8 heteroatoms. The van der Waals surface area contributed by atoms with Gasteiger partial charge in [0.15, 0.2) is 19.7 Å². The number of rotatable bonds is 3. The zero-order valence-corrected chi connectivity index (χ0v) is 18.2. The Morgan fingerprint density at radius 3 is 2.04 bits per heavy atom. The average molecular weight is 415 g/mol. The summed E-state index contributed by atoms with van der Waals surface area (Å²) in [6, 6.07) is 6.46. The SMILES string of the molecule is CN1CCN([C@@H]2CS(=O)(=O)C[C@H]2S(=O)(=O)c2ccc(C(C)(C)C)cc2)CC1. The molecular formula is C19H30N2O4S2. The summed E-state index contributed by atoms with van der Waals surface area (Å²) >= 11 is 0. The molecule has 0 aromatic heterocycles. The van der Waals surface area contributed by atoms with Crippen LogP contribution in [0.25, 0.3) is 0 Å². The van der Waals surface area contributed by atoms with Crippen LogP contribution in [0, 0.1) is 0 Å². The van der Waals surface area contributed by atoms with Gasteiger partial charge in [-0.2, -0.15) is 0 Å². The topological polar surface area (TPSA) is 74.8 Å². The molecule has 1 aromatic rings. The van der Waals surface area contributed by atoms with Crippen molar-refractivity contribution in [2.24, 2.45) is 0 Å². The zero-order valence-electron chi connectivity index (χ0n) is 16.6. The third-order valence-corrected chi connectivity index (χ3v) is 9.86. The van der Waals surface area contributed by atoms with Gasteiger partial charge in [0.1, 0.15) is 0 Å². The fourth-order valence-corrected chi connectivity index (χ4v) is 8.74. The Bertz CT molecular complexity index is 879. The number of hydrogen-bond donors (Lipinski definition) is 0. The molecule has 2 heterocycles. The second-order valence-electron chi connectivity index (χ2n) is 8.84. The highest BCUT2D eigenvalue weighted by atomic mass is 32.2. The fourth-order valence-electron chi connectivity index (χ4n) is 3.91. The van der Waals surface area contributed by atoms with E-state index in [2.05, 4.69) is 30.6 Å². The minimum Gasteiger partial charge on any atom is -0.304 e. The molecule has 2 atom stereocenters. The van der Waals surface area contributed by atoms with Crippen LogP contribution < -0.4 is 0 Å². The van der Waals surface area contributed by atoms with Crippen molar-refractivity contribution in [3.63, 3.8) is 0 Å². The highest BCUT2D eigenvalue weighted by molar-refractivity contribution is 7.96. The first kappa shape index (κ1) is 20.8. The van der Waals surface area contributed by atoms with E-state index in [1.165, 1.54) is 0 Å². The number of piperazine rings is 1. The van der Waals surface area contributed by atoms with Crippen molar-refractivity contribution in [3.8, 4) is 0 Å². The van der Waals surface area contributed by atoms with E-state index in [-0.39, 0.29) is 21.8 Å². The van der Waals surface area contributed by atoms with Crippen LogP contribution in [0.5, 0.6) is 0 Å². The van der Waals surface area contributed by atoms with Crippen LogP contribution >= 0.6 is 0 Å². The van der Waals surface area contributed by atoms with Crippen molar-refractivity contribution in [1.82, 2.24) is 9.80 Å². The number of sulfone groups is 2. The molecule has 0 N–H and O–H groups in total. The van der Waals surface area contributed by atoms with Crippen molar-refractivity contribution >= 4 is 19.7 Å². The monoisotopic (exact) mass is 414 g/mol. The molecule has 0 aliphatic carbocycles. The lowest BCUT2D eigenvalue weighted by atomic mass is 9.87. The molecule has 2 aliphatic rings. The van der Waals surface area contributed by atoms with E-state index in [9.17, 15) is 16.8 Å². The molecule has 0 saturated carbocycles. The lowest BCUT2D eigenvalue weighted by molar-refractivity contribution is 0.122. The number of benzene rings is 1. The van der Waals surface area contributed by atoms with Crippen molar-refractivity contribution in [3.05, 3.63) is 29.8 Å². The van der Waals surface area contributed by atoms with Gasteiger partial charge < -0.3 is 4.90 Å². The normalized spacial score (nSPS) is 27.7. The lowest BCUT2D eigenvalue weighted by Gasteiger charge is -2.37. The predicted octanol–water partition coefficient (Wildman–Crippen LogP) is 1.17. The molecule has 1 aromatic carbocycles. The van der Waals surface area contributed by atoms with Crippen LogP contribution in [0.2, 0.25) is 0 Å². The molecule has 2 aliphatic heterocycles. The summed E-state index contributed by atoms with van der Waals surface area (Å²) in [4.78, 5) is 4.45. The highest BCUT2D eigenvalue weighted by Crippen LogP contribution is 2.31. The maximum absolute atomic E-state index is 13.3. The maximum Gasteiger partial charge on any atom is 0.183 e. The summed E-state index contributed by atoms with van der Waals surface area (Å²) in [5.41, 5.74) is 0.984. The van der Waals surface area contributed by atoms with Gasteiger partial charge in [-0.3, -0.25) is 4.90 Å². The average Bonchev–Trinajstić information content (AvgIpc) is 2.91. The minimum atomic E-state index is -3.72. The second kappa shape index (κ2) is 7.13. The standard InChI is InChI=1S/C19H30N2O4S2/c1-19(2,3)15-5-7-16(8-6-15)27(24,25)18-14-26(22,23)13-17(18)21-11-9-20(4)10-12-21/h5-8,17-18H,9-14H2,1-4H3/t17-,18-/m1/s1. The summed E-state index contributed by atoms with van der Waals surface area (Å²) in [6.45, 7) is 9.26. The van der Waals surface area contributed by atoms with Crippen LogP contribution in [-0.2, 0) is 25.1 Å². The maximum atomic E-state index is 13.3. The predicted molar refractivity (Wildman–Crippen MR) is 108 cm³/mol. The van der Waals surface area contributed by atoms with E-state index in [4.69, 9.17) is 0 Å². The number of hydrogen-bond acceptors (Lipinski definition) is 6. The molecule has 152 valence electrons. The number of nitrogens with zero attached hydrogens (tertiary/aromatic N) is 2. The van der Waals surface area contributed by atoms with Gasteiger partial charge in [-0.25, -0.2) is 16.8 Å². The first-order valence-corrected chi connectivity index (χ1v) is 12.7. The summed E-state index contributed by atoms with van der Waals surface area (Å²) in [7, 11) is -5.06. The van der Waals surface area contributed by atoms with Gasteiger partial charge in [0, 0.05) is 32.2 Å². The van der Waals surface area contributed by atoms with Gasteiger partial charge in [-0.05, 0) is 30.2 Å². The summed E-state index contributed by atoms with van der Waals surface area (Å²) in [5.74, 6) is -0.353. The molecule has 0 unspecified atom stereocenters. The van der Waals surface area contributed by atoms with Crippen LogP contribution in [-0.4, -0.2) is 82.7 Å². The molecular weight excluding hydrogens is 384 g/mol. The Hall–Kier alpha value is -0.960. The third kappa shape index (κ3) is 4.39. The van der Waals surface area contributed by atoms with Crippen molar-refractivity contribution in [2.45, 2.75) is 42.4 Å². The molecule has 0 amide bonds. The molecule has 2 saturated heterocycles. The van der Waals surface area contributed by atoms with Gasteiger partial charge in [0.05, 0.1) is 21.7 Å². The van der Waals surface area contributed by atoms with Crippen molar-refractivity contribution < 1.29 is 16.8 Å². The molecule has 6 nitrogen and oxygen atoms in total. The molecule has 0 bridgehead atoms. The Balaban J connectivity index is 1.91. The quantitative estimate of drug-likeness (QED) is 0.739. The molecule has 0 spiro atoms. The third-order valence-electron chi connectivity index (χ3n) is 5.73. The smallest absolute Gasteiger partial charge is 0.183 e. The van der Waals surface area contributed by atoms with E-state index < -0.39 is 31.0 Å². The molecule has 0 radical (unpaired) electrons. The van der Waals surface area contributed by atoms with Crippen LogP contribution in [0.15, 0.2) is 29.2 Å². The van der Waals surface area contributed by atoms with Crippen molar-refractivity contribution in [2.75, 3.05) is 44.7 Å². The van der Waals surface area contributed by atoms with E-state index >= 15 is 0 Å². The van der Waals surface area contributed by atoms with Gasteiger partial charge in [-0.1, -0.05) is 32.9 Å². The lowest BCUT2D eigenvalue weighted by Crippen LogP contribution is -2.54. The summed E-state index contributed by atoms with van der Waals surface area (Å²) < 4.78 is 51.2. The van der Waals surface area contributed by atoms with E-state index in [1.807, 2.05) is 19.2 Å². The highest BCUT2D eigenvalue weighted by Gasteiger charge is 2.48. The Labute approximate surface area is 163 Å². The Morgan fingerprint density at radius 2 is 1.52 bits per heavy atom. The fraction of sp³-hybridized carbons (Fsp3) is 0.684. The van der Waals surface area contributed by atoms with Crippen LogP contribution in [0.1, 0.15) is 26.3 Å². The van der Waals surface area contributed by atoms with Gasteiger partial charge in [0.2, 0.25) is 0 Å². The van der Waals surface area contributed by atoms with E-state index in [0.717, 1.165) is 18.7 Å². The number of likely N-dealkylation sites (N-methyl/N-ethyl adjacent to an activating group) is 1. The second-order valence-corrected chi connectivity index (χ2v) is 13.2. The summed E-state index contributed by atoms with van der Waals surface area (Å²) in [5, 5.41) is -0.897. The van der Waals surface area contributed by atoms with Gasteiger partial charge in [0.25, 0.3) is 0 Å². The summed E-state index contributed by atoms with van der Waals surface area (Å²) in [6.07, 6.45) is 0. The van der Waals surface area contributed by atoms with E-state index in [0.29, 0.717) is 13.1 Å². The first-order valence-electron chi connectivity index (χ1n) is 9.38. The van der Waals surface area contributed by atoms with Crippen LogP contribution in [0.3, 0.4) is 0 Å². The van der Waals surface area contributed by atoms with Crippen molar-refractivity contribution in [1.29, 1.82) is 0 Å². The molecule has 2 fully saturated rings. The molecule has 27 heavy (non-hydrogen) atoms. The van der Waals surface area contributed by atoms with Gasteiger partial charge in [-0.15, -0.1) is 0 Å². The Kier molecular flexibility index (Phi) is 5.49. The first-order chi connectivity index (χ1) is 12.4. The van der Waals surface area contributed by atoms with Crippen LogP contribution in [0.4, 0.5) is 0 Å². The zero-order chi connectivity index (χ0) is 20.0. The van der Waals surface area contributed by atoms with Gasteiger partial charge >= 0.3 is 0 Å². The largest absolute Gasteiger partial charge is 0.304 e. The minimum absolute atomic E-state index is 0.0681. The Morgan fingerprint density at radius 1 is 0.963 bits per heavy atom.